The largest absolute Gasteiger partial charge is 0.396 e. The average Bonchev–Trinajstić information content (AvgIpc) is 2.34. The molecule has 1 saturated heterocycles. The smallest absolute Gasteiger partial charge is 0.0733 e. The predicted molar refractivity (Wildman–Crippen MR) is 68.7 cm³/mol. The summed E-state index contributed by atoms with van der Waals surface area (Å²) in [7, 11) is 0. The summed E-state index contributed by atoms with van der Waals surface area (Å²) in [6.07, 6.45) is 6.14. The van der Waals surface area contributed by atoms with Crippen LogP contribution in [-0.4, -0.2) is 33.9 Å². The molecule has 2 nitrogen and oxygen atoms in total. The van der Waals surface area contributed by atoms with E-state index in [1.165, 1.54) is 5.75 Å². The summed E-state index contributed by atoms with van der Waals surface area (Å²) in [6.45, 7) is 2.42. The summed E-state index contributed by atoms with van der Waals surface area (Å²) in [5, 5.41) is 20.6. The fraction of sp³-hybridized carbons (Fsp3) is 1.00. The third kappa shape index (κ3) is 2.14. The van der Waals surface area contributed by atoms with E-state index in [1.54, 1.807) is 0 Å². The molecule has 2 rings (SSSR count). The summed E-state index contributed by atoms with van der Waals surface area (Å²) < 4.78 is 0. The Morgan fingerprint density at radius 3 is 2.44 bits per heavy atom. The lowest BCUT2D eigenvalue weighted by Gasteiger charge is -2.51. The Balaban J connectivity index is 2.12. The van der Waals surface area contributed by atoms with E-state index >= 15 is 0 Å². The molecule has 16 heavy (non-hydrogen) atoms. The molecule has 2 N–H and O–H groups in total. The van der Waals surface area contributed by atoms with Crippen LogP contribution in [-0.2, 0) is 0 Å². The Morgan fingerprint density at radius 2 is 1.94 bits per heavy atom. The topological polar surface area (TPSA) is 40.5 Å². The quantitative estimate of drug-likeness (QED) is 0.784. The van der Waals surface area contributed by atoms with Gasteiger partial charge in [-0.25, -0.2) is 0 Å². The number of hydrogen-bond acceptors (Lipinski definition) is 3. The van der Waals surface area contributed by atoms with Crippen LogP contribution < -0.4 is 0 Å². The zero-order chi connectivity index (χ0) is 11.6. The Morgan fingerprint density at radius 1 is 1.25 bits per heavy atom. The third-order valence-corrected chi connectivity index (χ3v) is 6.05. The van der Waals surface area contributed by atoms with Crippen LogP contribution >= 0.6 is 11.8 Å². The fourth-order valence-electron chi connectivity index (χ4n) is 3.26. The van der Waals surface area contributed by atoms with E-state index in [1.807, 2.05) is 11.8 Å². The molecule has 0 aromatic carbocycles. The van der Waals surface area contributed by atoms with E-state index in [0.29, 0.717) is 0 Å². The molecule has 0 aromatic rings. The molecule has 1 unspecified atom stereocenters. The molecule has 1 heterocycles. The lowest BCUT2D eigenvalue weighted by atomic mass is 9.62. The van der Waals surface area contributed by atoms with Gasteiger partial charge in [0.05, 0.1) is 12.2 Å². The zero-order valence-corrected chi connectivity index (χ0v) is 11.1. The van der Waals surface area contributed by atoms with Crippen LogP contribution in [0, 0.1) is 11.3 Å². The molecule has 0 radical (unpaired) electrons. The van der Waals surface area contributed by atoms with Crippen molar-refractivity contribution in [3.8, 4) is 0 Å². The van der Waals surface area contributed by atoms with Crippen LogP contribution in [0.25, 0.3) is 0 Å². The van der Waals surface area contributed by atoms with Crippen molar-refractivity contribution in [2.24, 2.45) is 11.3 Å². The van der Waals surface area contributed by atoms with Gasteiger partial charge in [-0.3, -0.25) is 0 Å². The van der Waals surface area contributed by atoms with E-state index in [-0.39, 0.29) is 12.0 Å². The van der Waals surface area contributed by atoms with Gasteiger partial charge in [0, 0.05) is 11.2 Å². The van der Waals surface area contributed by atoms with Crippen molar-refractivity contribution in [1.29, 1.82) is 0 Å². The second-order valence-corrected chi connectivity index (χ2v) is 6.91. The highest BCUT2D eigenvalue weighted by Gasteiger charge is 2.51. The minimum Gasteiger partial charge on any atom is -0.396 e. The molecule has 1 aliphatic carbocycles. The summed E-state index contributed by atoms with van der Waals surface area (Å²) in [5.41, 5.74) is -0.808. The molecule has 2 aliphatic rings. The van der Waals surface area contributed by atoms with Gasteiger partial charge in [0.1, 0.15) is 0 Å². The molecule has 0 bridgehead atoms. The Hall–Kier alpha value is 0.270. The van der Waals surface area contributed by atoms with Crippen LogP contribution in [0.2, 0.25) is 0 Å². The van der Waals surface area contributed by atoms with Crippen molar-refractivity contribution in [2.45, 2.75) is 51.0 Å². The van der Waals surface area contributed by atoms with E-state index in [9.17, 15) is 10.2 Å². The highest BCUT2D eigenvalue weighted by atomic mass is 32.2. The Kier molecular flexibility index (Phi) is 3.87. The first-order chi connectivity index (χ1) is 7.62. The van der Waals surface area contributed by atoms with Gasteiger partial charge in [-0.05, 0) is 50.2 Å². The predicted octanol–water partition coefficient (Wildman–Crippen LogP) is 2.43. The second-order valence-electron chi connectivity index (χ2n) is 5.81. The van der Waals surface area contributed by atoms with Gasteiger partial charge >= 0.3 is 0 Å². The number of rotatable bonds is 2. The highest BCUT2D eigenvalue weighted by molar-refractivity contribution is 7.99. The van der Waals surface area contributed by atoms with Crippen molar-refractivity contribution < 1.29 is 10.2 Å². The Labute approximate surface area is 103 Å². The summed E-state index contributed by atoms with van der Waals surface area (Å²) in [4.78, 5) is 0. The van der Waals surface area contributed by atoms with Crippen molar-refractivity contribution in [1.82, 2.24) is 0 Å². The van der Waals surface area contributed by atoms with Crippen molar-refractivity contribution >= 4 is 11.8 Å². The molecule has 0 amide bonds. The van der Waals surface area contributed by atoms with Gasteiger partial charge in [-0.2, -0.15) is 11.8 Å². The maximum Gasteiger partial charge on any atom is 0.0733 e. The first-order valence-electron chi connectivity index (χ1n) is 6.53. The molecule has 3 heteroatoms. The number of hydrogen-bond donors (Lipinski definition) is 2. The third-order valence-electron chi connectivity index (χ3n) is 4.71. The van der Waals surface area contributed by atoms with Gasteiger partial charge in [0.2, 0.25) is 0 Å². The zero-order valence-electron chi connectivity index (χ0n) is 10.2. The minimum atomic E-state index is -0.596. The minimum absolute atomic E-state index is 0.158. The number of aliphatic hydroxyl groups is 2. The van der Waals surface area contributed by atoms with E-state index in [4.69, 9.17) is 0 Å². The average molecular weight is 244 g/mol. The van der Waals surface area contributed by atoms with Crippen LogP contribution in [0.1, 0.15) is 45.4 Å². The summed E-state index contributed by atoms with van der Waals surface area (Å²) in [5.74, 6) is 2.87. The SMILES string of the molecule is CC1CCC(O)(C2(CO)CCCSC2)CC1. The van der Waals surface area contributed by atoms with Crippen LogP contribution in [0.5, 0.6) is 0 Å². The van der Waals surface area contributed by atoms with Gasteiger partial charge < -0.3 is 10.2 Å². The first-order valence-corrected chi connectivity index (χ1v) is 7.68. The highest BCUT2D eigenvalue weighted by Crippen LogP contribution is 2.50. The van der Waals surface area contributed by atoms with E-state index in [2.05, 4.69) is 6.92 Å². The molecule has 1 saturated carbocycles. The lowest BCUT2D eigenvalue weighted by molar-refractivity contribution is -0.129. The molecule has 1 aliphatic heterocycles. The maximum absolute atomic E-state index is 10.9. The second kappa shape index (κ2) is 4.87. The van der Waals surface area contributed by atoms with Crippen molar-refractivity contribution in [2.75, 3.05) is 18.1 Å². The van der Waals surface area contributed by atoms with Gasteiger partial charge in [0.25, 0.3) is 0 Å². The normalized spacial score (nSPS) is 45.6. The van der Waals surface area contributed by atoms with Crippen molar-refractivity contribution in [3.63, 3.8) is 0 Å². The van der Waals surface area contributed by atoms with E-state index < -0.39 is 5.60 Å². The summed E-state index contributed by atoms with van der Waals surface area (Å²) >= 11 is 1.90. The monoisotopic (exact) mass is 244 g/mol. The van der Waals surface area contributed by atoms with Crippen molar-refractivity contribution in [3.05, 3.63) is 0 Å². The molecular weight excluding hydrogens is 220 g/mol. The molecule has 0 spiro atoms. The maximum atomic E-state index is 10.9. The Bertz CT molecular complexity index is 228. The van der Waals surface area contributed by atoms with Crippen LogP contribution in [0.4, 0.5) is 0 Å². The molecule has 1 atom stereocenters. The molecule has 2 fully saturated rings. The van der Waals surface area contributed by atoms with Gasteiger partial charge in [-0.1, -0.05) is 6.92 Å². The van der Waals surface area contributed by atoms with E-state index in [0.717, 1.165) is 50.2 Å². The molecule has 0 aromatic heterocycles. The lowest BCUT2D eigenvalue weighted by Crippen LogP contribution is -2.55. The number of thioether (sulfide) groups is 1. The van der Waals surface area contributed by atoms with Gasteiger partial charge in [0.15, 0.2) is 0 Å². The standard InChI is InChI=1S/C13H24O2S/c1-11-3-6-13(15,7-4-11)12(9-14)5-2-8-16-10-12/h11,14-15H,2-10H2,1H3. The van der Waals surface area contributed by atoms with Crippen LogP contribution in [0.3, 0.4) is 0 Å². The molecule has 94 valence electrons. The fourth-order valence-corrected chi connectivity index (χ4v) is 4.65. The first kappa shape index (κ1) is 12.7. The summed E-state index contributed by atoms with van der Waals surface area (Å²) in [6, 6.07) is 0. The number of aliphatic hydroxyl groups excluding tert-OH is 1. The molecular formula is C13H24O2S. The van der Waals surface area contributed by atoms with Crippen LogP contribution in [0.15, 0.2) is 0 Å². The van der Waals surface area contributed by atoms with Gasteiger partial charge in [-0.15, -0.1) is 0 Å².